The first-order valence-electron chi connectivity index (χ1n) is 9.45. The predicted molar refractivity (Wildman–Crippen MR) is 99.4 cm³/mol. The van der Waals surface area contributed by atoms with Crippen LogP contribution in [0.4, 0.5) is 0 Å². The third kappa shape index (κ3) is 3.80. The highest BCUT2D eigenvalue weighted by molar-refractivity contribution is 6.38. The van der Waals surface area contributed by atoms with Crippen LogP contribution >= 0.6 is 0 Å². The molecule has 1 saturated carbocycles. The molecule has 134 valence electrons. The normalized spacial score (nSPS) is 20.8. The molecule has 1 N–H and O–H groups in total. The molecule has 25 heavy (non-hydrogen) atoms. The van der Waals surface area contributed by atoms with Crippen molar-refractivity contribution in [2.24, 2.45) is 5.92 Å². The quantitative estimate of drug-likeness (QED) is 0.799. The molecule has 0 aliphatic heterocycles. The van der Waals surface area contributed by atoms with Crippen LogP contribution in [0.15, 0.2) is 12.1 Å². The molecule has 1 aliphatic carbocycles. The van der Waals surface area contributed by atoms with Gasteiger partial charge in [-0.05, 0) is 45.1 Å². The highest BCUT2D eigenvalue weighted by atomic mass is 16.1. The third-order valence-electron chi connectivity index (χ3n) is 5.30. The lowest BCUT2D eigenvalue weighted by molar-refractivity contribution is -0.111. The van der Waals surface area contributed by atoms with Crippen LogP contribution in [-0.2, 0) is 11.2 Å². The summed E-state index contributed by atoms with van der Waals surface area (Å²) in [6.45, 7) is 5.73. The summed E-state index contributed by atoms with van der Waals surface area (Å²) in [6, 6.07) is 4.23. The zero-order valence-corrected chi connectivity index (χ0v) is 15.5. The average molecular weight is 340 g/mol. The SMILES string of the molecule is CCCCc1cc2nc(C)cc(C3CCCC(C(=N)C(C)=O)C3)n2n1. The van der Waals surface area contributed by atoms with E-state index in [4.69, 9.17) is 10.5 Å². The molecule has 2 heterocycles. The van der Waals surface area contributed by atoms with Crippen molar-refractivity contribution >= 4 is 17.1 Å². The smallest absolute Gasteiger partial charge is 0.173 e. The van der Waals surface area contributed by atoms with Gasteiger partial charge in [-0.2, -0.15) is 5.10 Å². The molecule has 2 aromatic heterocycles. The van der Waals surface area contributed by atoms with Gasteiger partial charge in [-0.15, -0.1) is 0 Å². The summed E-state index contributed by atoms with van der Waals surface area (Å²) >= 11 is 0. The van der Waals surface area contributed by atoms with Gasteiger partial charge in [-0.1, -0.05) is 19.8 Å². The lowest BCUT2D eigenvalue weighted by Gasteiger charge is -2.29. The molecule has 0 spiro atoms. The van der Waals surface area contributed by atoms with Gasteiger partial charge < -0.3 is 5.41 Å². The van der Waals surface area contributed by atoms with Crippen LogP contribution in [0.2, 0.25) is 0 Å². The monoisotopic (exact) mass is 340 g/mol. The van der Waals surface area contributed by atoms with Gasteiger partial charge in [0.25, 0.3) is 0 Å². The topological polar surface area (TPSA) is 71.1 Å². The highest BCUT2D eigenvalue weighted by Gasteiger charge is 2.29. The second kappa shape index (κ2) is 7.46. The van der Waals surface area contributed by atoms with Gasteiger partial charge in [-0.25, -0.2) is 9.50 Å². The molecule has 0 amide bonds. The summed E-state index contributed by atoms with van der Waals surface area (Å²) < 4.78 is 2.00. The van der Waals surface area contributed by atoms with Crippen molar-refractivity contribution in [3.8, 4) is 0 Å². The van der Waals surface area contributed by atoms with E-state index in [1.54, 1.807) is 0 Å². The van der Waals surface area contributed by atoms with E-state index < -0.39 is 0 Å². The molecule has 2 atom stereocenters. The van der Waals surface area contributed by atoms with Crippen molar-refractivity contribution in [1.82, 2.24) is 14.6 Å². The number of hydrogen-bond donors (Lipinski definition) is 1. The Morgan fingerprint density at radius 3 is 2.88 bits per heavy atom. The molecule has 2 unspecified atom stereocenters. The number of hydrogen-bond acceptors (Lipinski definition) is 4. The Labute approximate surface area is 149 Å². The van der Waals surface area contributed by atoms with E-state index >= 15 is 0 Å². The Morgan fingerprint density at radius 1 is 1.36 bits per heavy atom. The molecule has 5 nitrogen and oxygen atoms in total. The molecule has 0 aromatic carbocycles. The molecule has 1 fully saturated rings. The van der Waals surface area contributed by atoms with Crippen molar-refractivity contribution in [3.63, 3.8) is 0 Å². The molecule has 2 aromatic rings. The number of rotatable bonds is 6. The van der Waals surface area contributed by atoms with Crippen LogP contribution < -0.4 is 0 Å². The van der Waals surface area contributed by atoms with Crippen molar-refractivity contribution in [1.29, 1.82) is 5.41 Å². The maximum Gasteiger partial charge on any atom is 0.173 e. The number of fused-ring (bicyclic) bond motifs is 1. The second-order valence-electron chi connectivity index (χ2n) is 7.36. The molecule has 0 saturated heterocycles. The Hall–Kier alpha value is -2.04. The molecular formula is C20H28N4O. The molecule has 0 radical (unpaired) electrons. The zero-order valence-electron chi connectivity index (χ0n) is 15.5. The van der Waals surface area contributed by atoms with E-state index in [-0.39, 0.29) is 17.4 Å². The molecule has 3 rings (SSSR count). The number of aromatic nitrogens is 3. The number of unbranched alkanes of at least 4 members (excludes halogenated alkanes) is 1. The standard InChI is InChI=1S/C20H28N4O/c1-4-5-9-17-12-19-22-13(2)10-18(24(19)23-17)15-7-6-8-16(11-15)20(21)14(3)25/h10,12,15-16,21H,4-9,11H2,1-3H3. The van der Waals surface area contributed by atoms with Crippen molar-refractivity contribution in [2.45, 2.75) is 71.6 Å². The lowest BCUT2D eigenvalue weighted by Crippen LogP contribution is -2.27. The Balaban J connectivity index is 1.92. The van der Waals surface area contributed by atoms with E-state index in [9.17, 15) is 4.79 Å². The first kappa shape index (κ1) is 17.8. The Kier molecular flexibility index (Phi) is 5.30. The summed E-state index contributed by atoms with van der Waals surface area (Å²) in [6.07, 6.45) is 7.23. The number of nitrogens with zero attached hydrogens (tertiary/aromatic N) is 3. The van der Waals surface area contributed by atoms with Crippen molar-refractivity contribution in [3.05, 3.63) is 29.2 Å². The summed E-state index contributed by atoms with van der Waals surface area (Å²) in [5.74, 6) is 0.319. The maximum absolute atomic E-state index is 11.6. The number of carbonyl (C=O) groups is 1. The number of carbonyl (C=O) groups excluding carboxylic acids is 1. The minimum Gasteiger partial charge on any atom is -0.301 e. The average Bonchev–Trinajstić information content (AvgIpc) is 3.01. The largest absolute Gasteiger partial charge is 0.301 e. The fourth-order valence-corrected chi connectivity index (χ4v) is 3.96. The molecule has 1 aliphatic rings. The van der Waals surface area contributed by atoms with E-state index in [0.29, 0.717) is 5.92 Å². The maximum atomic E-state index is 11.6. The summed E-state index contributed by atoms with van der Waals surface area (Å²) in [5, 5.41) is 12.9. The predicted octanol–water partition coefficient (Wildman–Crippen LogP) is 4.26. The van der Waals surface area contributed by atoms with E-state index in [2.05, 4.69) is 24.0 Å². The van der Waals surface area contributed by atoms with Crippen molar-refractivity contribution in [2.75, 3.05) is 0 Å². The Morgan fingerprint density at radius 2 is 2.16 bits per heavy atom. The Bertz CT molecular complexity index is 792. The van der Waals surface area contributed by atoms with Gasteiger partial charge in [0.05, 0.1) is 11.4 Å². The zero-order chi connectivity index (χ0) is 18.0. The minimum absolute atomic E-state index is 0.0786. The third-order valence-corrected chi connectivity index (χ3v) is 5.30. The first-order chi connectivity index (χ1) is 12.0. The first-order valence-corrected chi connectivity index (χ1v) is 9.45. The molecule has 5 heteroatoms. The van der Waals surface area contributed by atoms with Crippen LogP contribution in [0.3, 0.4) is 0 Å². The van der Waals surface area contributed by atoms with Gasteiger partial charge in [0.2, 0.25) is 0 Å². The number of ketones is 1. The van der Waals surface area contributed by atoms with E-state index in [1.807, 2.05) is 11.4 Å². The molecular weight excluding hydrogens is 312 g/mol. The lowest BCUT2D eigenvalue weighted by atomic mass is 9.77. The van der Waals surface area contributed by atoms with Crippen LogP contribution in [0.5, 0.6) is 0 Å². The van der Waals surface area contributed by atoms with Gasteiger partial charge in [0, 0.05) is 36.2 Å². The summed E-state index contributed by atoms with van der Waals surface area (Å²) in [7, 11) is 0. The van der Waals surface area contributed by atoms with Gasteiger partial charge >= 0.3 is 0 Å². The van der Waals surface area contributed by atoms with E-state index in [0.717, 1.165) is 62.0 Å². The highest BCUT2D eigenvalue weighted by Crippen LogP contribution is 2.37. The van der Waals surface area contributed by atoms with Crippen molar-refractivity contribution < 1.29 is 4.79 Å². The van der Waals surface area contributed by atoms with Gasteiger partial charge in [0.1, 0.15) is 0 Å². The van der Waals surface area contributed by atoms with Crippen LogP contribution in [0.1, 0.15) is 75.4 Å². The fourth-order valence-electron chi connectivity index (χ4n) is 3.96. The number of nitrogens with one attached hydrogen (secondary N) is 1. The second-order valence-corrected chi connectivity index (χ2v) is 7.36. The summed E-state index contributed by atoms with van der Waals surface area (Å²) in [5.41, 5.74) is 4.50. The van der Waals surface area contributed by atoms with Crippen LogP contribution in [-0.4, -0.2) is 26.1 Å². The van der Waals surface area contributed by atoms with Gasteiger partial charge in [0.15, 0.2) is 11.4 Å². The van der Waals surface area contributed by atoms with Crippen LogP contribution in [0.25, 0.3) is 5.65 Å². The molecule has 0 bridgehead atoms. The fraction of sp³-hybridized carbons (Fsp3) is 0.600. The summed E-state index contributed by atoms with van der Waals surface area (Å²) in [4.78, 5) is 16.3. The van der Waals surface area contributed by atoms with Gasteiger partial charge in [-0.3, -0.25) is 4.79 Å². The number of Topliss-reactive ketones (excluding diaryl/α,β-unsaturated/α-hetero) is 1. The van der Waals surface area contributed by atoms with Crippen LogP contribution in [0, 0.1) is 18.3 Å². The minimum atomic E-state index is -0.0948. The number of aryl methyl sites for hydroxylation is 2. The van der Waals surface area contributed by atoms with E-state index in [1.165, 1.54) is 12.6 Å².